The van der Waals surface area contributed by atoms with E-state index in [-0.39, 0.29) is 0 Å². The van der Waals surface area contributed by atoms with Gasteiger partial charge in [0.15, 0.2) is 6.10 Å². The Morgan fingerprint density at radius 2 is 1.62 bits per heavy atom. The van der Waals surface area contributed by atoms with Gasteiger partial charge in [0.1, 0.15) is 23.9 Å². The summed E-state index contributed by atoms with van der Waals surface area (Å²) >= 11 is 0. The van der Waals surface area contributed by atoms with Gasteiger partial charge in [-0.15, -0.1) is 0 Å². The Kier molecular flexibility index (Phi) is 6.37. The third kappa shape index (κ3) is 5.10. The zero-order valence-corrected chi connectivity index (χ0v) is 13.8. The van der Waals surface area contributed by atoms with E-state index in [1.807, 2.05) is 5.32 Å². The van der Waals surface area contributed by atoms with E-state index in [1.54, 1.807) is 30.3 Å². The molecule has 0 bridgehead atoms. The van der Waals surface area contributed by atoms with Crippen molar-refractivity contribution < 1.29 is 27.9 Å². The maximum atomic E-state index is 13.5. The summed E-state index contributed by atoms with van der Waals surface area (Å²) in [4.78, 5) is 35.4. The van der Waals surface area contributed by atoms with Crippen molar-refractivity contribution in [2.45, 2.75) is 13.0 Å². The molecule has 1 unspecified atom stereocenters. The van der Waals surface area contributed by atoms with Crippen LogP contribution in [0.25, 0.3) is 0 Å². The van der Waals surface area contributed by atoms with E-state index in [0.29, 0.717) is 5.56 Å². The second-order valence-corrected chi connectivity index (χ2v) is 5.27. The molecule has 2 amide bonds. The SMILES string of the molecule is CC(OC(=O)CNC(=O)c1ccccc1)C(=O)Nc1c(F)cccc1F. The summed E-state index contributed by atoms with van der Waals surface area (Å²) in [5.74, 6) is -4.16. The van der Waals surface area contributed by atoms with Gasteiger partial charge in [0.2, 0.25) is 0 Å². The summed E-state index contributed by atoms with van der Waals surface area (Å²) in [6.07, 6.45) is -1.31. The predicted molar refractivity (Wildman–Crippen MR) is 89.3 cm³/mol. The number of nitrogens with one attached hydrogen (secondary N) is 2. The third-order valence-corrected chi connectivity index (χ3v) is 3.32. The van der Waals surface area contributed by atoms with Crippen LogP contribution in [-0.2, 0) is 14.3 Å². The molecule has 136 valence electrons. The van der Waals surface area contributed by atoms with Gasteiger partial charge in [-0.3, -0.25) is 14.4 Å². The number of benzene rings is 2. The molecule has 2 aromatic carbocycles. The fourth-order valence-electron chi connectivity index (χ4n) is 1.98. The quantitative estimate of drug-likeness (QED) is 0.772. The van der Waals surface area contributed by atoms with Crippen LogP contribution in [0, 0.1) is 11.6 Å². The second-order valence-electron chi connectivity index (χ2n) is 5.27. The largest absolute Gasteiger partial charge is 0.451 e. The maximum absolute atomic E-state index is 13.5. The minimum Gasteiger partial charge on any atom is -0.451 e. The summed E-state index contributed by atoms with van der Waals surface area (Å²) in [5.41, 5.74) is -0.265. The summed E-state index contributed by atoms with van der Waals surface area (Å²) in [7, 11) is 0. The molecule has 0 aromatic heterocycles. The smallest absolute Gasteiger partial charge is 0.326 e. The number of esters is 1. The van der Waals surface area contributed by atoms with Crippen molar-refractivity contribution in [2.24, 2.45) is 0 Å². The molecule has 0 spiro atoms. The van der Waals surface area contributed by atoms with Gasteiger partial charge in [-0.05, 0) is 31.2 Å². The van der Waals surface area contributed by atoms with Crippen LogP contribution in [0.2, 0.25) is 0 Å². The van der Waals surface area contributed by atoms with Gasteiger partial charge >= 0.3 is 5.97 Å². The highest BCUT2D eigenvalue weighted by atomic mass is 19.1. The van der Waals surface area contributed by atoms with Crippen molar-refractivity contribution in [2.75, 3.05) is 11.9 Å². The van der Waals surface area contributed by atoms with Crippen molar-refractivity contribution in [3.05, 3.63) is 65.7 Å². The van der Waals surface area contributed by atoms with Crippen LogP contribution in [-0.4, -0.2) is 30.4 Å². The number of carbonyl (C=O) groups excluding carboxylic acids is 3. The molecule has 2 rings (SSSR count). The van der Waals surface area contributed by atoms with Crippen molar-refractivity contribution >= 4 is 23.5 Å². The van der Waals surface area contributed by atoms with E-state index in [9.17, 15) is 23.2 Å². The molecular formula is C18H16F2N2O4. The second kappa shape index (κ2) is 8.70. The lowest BCUT2D eigenvalue weighted by molar-refractivity contribution is -0.152. The highest BCUT2D eigenvalue weighted by Crippen LogP contribution is 2.18. The molecule has 2 N–H and O–H groups in total. The van der Waals surface area contributed by atoms with Crippen LogP contribution in [0.5, 0.6) is 0 Å². The van der Waals surface area contributed by atoms with Crippen LogP contribution in [0.15, 0.2) is 48.5 Å². The lowest BCUT2D eigenvalue weighted by Crippen LogP contribution is -2.36. The summed E-state index contributed by atoms with van der Waals surface area (Å²) in [6.45, 7) is 0.782. The molecule has 0 aliphatic carbocycles. The Morgan fingerprint density at radius 1 is 1.00 bits per heavy atom. The van der Waals surface area contributed by atoms with Crippen LogP contribution < -0.4 is 10.6 Å². The average Bonchev–Trinajstić information content (AvgIpc) is 2.63. The molecule has 0 aliphatic heterocycles. The standard InChI is InChI=1S/C18H16F2N2O4/c1-11(17(24)22-16-13(19)8-5-9-14(16)20)26-15(23)10-21-18(25)12-6-3-2-4-7-12/h2-9,11H,10H2,1H3,(H,21,25)(H,22,24). The number of rotatable bonds is 6. The number of ether oxygens (including phenoxy) is 1. The van der Waals surface area contributed by atoms with Crippen molar-refractivity contribution in [1.29, 1.82) is 0 Å². The Hall–Kier alpha value is -3.29. The minimum absolute atomic E-state index is 0.362. The minimum atomic E-state index is -1.31. The van der Waals surface area contributed by atoms with Crippen LogP contribution in [0.3, 0.4) is 0 Å². The highest BCUT2D eigenvalue weighted by molar-refractivity contribution is 5.97. The molecule has 0 radical (unpaired) electrons. The first kappa shape index (κ1) is 19.0. The first-order valence-electron chi connectivity index (χ1n) is 7.66. The highest BCUT2D eigenvalue weighted by Gasteiger charge is 2.21. The first-order chi connectivity index (χ1) is 12.4. The van der Waals surface area contributed by atoms with E-state index in [2.05, 4.69) is 5.32 Å². The van der Waals surface area contributed by atoms with E-state index in [4.69, 9.17) is 4.74 Å². The normalized spacial score (nSPS) is 11.3. The van der Waals surface area contributed by atoms with Gasteiger partial charge in [0.25, 0.3) is 11.8 Å². The number of anilines is 1. The first-order valence-corrected chi connectivity index (χ1v) is 7.66. The number of hydrogen-bond acceptors (Lipinski definition) is 4. The van der Waals surface area contributed by atoms with Gasteiger partial charge in [-0.2, -0.15) is 0 Å². The Morgan fingerprint density at radius 3 is 2.23 bits per heavy atom. The van der Waals surface area contributed by atoms with Crippen LogP contribution in [0.4, 0.5) is 14.5 Å². The Balaban J connectivity index is 1.84. The van der Waals surface area contributed by atoms with Gasteiger partial charge in [0.05, 0.1) is 0 Å². The summed E-state index contributed by atoms with van der Waals surface area (Å²) in [5, 5.41) is 4.37. The van der Waals surface area contributed by atoms with Crippen LogP contribution in [0.1, 0.15) is 17.3 Å². The van der Waals surface area contributed by atoms with Gasteiger partial charge in [0, 0.05) is 5.56 Å². The molecule has 26 heavy (non-hydrogen) atoms. The Bertz CT molecular complexity index is 792. The molecule has 0 saturated carbocycles. The lowest BCUT2D eigenvalue weighted by Gasteiger charge is -2.14. The van der Waals surface area contributed by atoms with E-state index in [0.717, 1.165) is 18.2 Å². The molecule has 0 saturated heterocycles. The number of halogens is 2. The molecule has 0 aliphatic rings. The fourth-order valence-corrected chi connectivity index (χ4v) is 1.98. The molecule has 0 fully saturated rings. The van der Waals surface area contributed by atoms with Gasteiger partial charge < -0.3 is 15.4 Å². The zero-order chi connectivity index (χ0) is 19.1. The molecular weight excluding hydrogens is 346 g/mol. The van der Waals surface area contributed by atoms with E-state index >= 15 is 0 Å². The van der Waals surface area contributed by atoms with Gasteiger partial charge in [-0.1, -0.05) is 24.3 Å². The summed E-state index contributed by atoms with van der Waals surface area (Å²) in [6, 6.07) is 11.3. The number of hydrogen-bond donors (Lipinski definition) is 2. The topological polar surface area (TPSA) is 84.5 Å². The van der Waals surface area contributed by atoms with Crippen LogP contribution >= 0.6 is 0 Å². The number of carbonyl (C=O) groups is 3. The third-order valence-electron chi connectivity index (χ3n) is 3.32. The predicted octanol–water partition coefficient (Wildman–Crippen LogP) is 2.26. The average molecular weight is 362 g/mol. The van der Waals surface area contributed by atoms with E-state index in [1.165, 1.54) is 6.92 Å². The molecule has 2 aromatic rings. The molecule has 1 atom stereocenters. The lowest BCUT2D eigenvalue weighted by atomic mass is 10.2. The maximum Gasteiger partial charge on any atom is 0.326 e. The molecule has 0 heterocycles. The molecule has 6 nitrogen and oxygen atoms in total. The zero-order valence-electron chi connectivity index (χ0n) is 13.8. The Labute approximate surface area is 148 Å². The fraction of sp³-hybridized carbons (Fsp3) is 0.167. The number of amides is 2. The van der Waals surface area contributed by atoms with Crippen molar-refractivity contribution in [3.63, 3.8) is 0 Å². The number of para-hydroxylation sites is 1. The summed E-state index contributed by atoms with van der Waals surface area (Å²) < 4.78 is 31.8. The van der Waals surface area contributed by atoms with E-state index < -0.39 is 47.8 Å². The van der Waals surface area contributed by atoms with Gasteiger partial charge in [-0.25, -0.2) is 8.78 Å². The molecule has 8 heteroatoms. The monoisotopic (exact) mass is 362 g/mol. The van der Waals surface area contributed by atoms with Crippen molar-refractivity contribution in [1.82, 2.24) is 5.32 Å². The van der Waals surface area contributed by atoms with Crippen molar-refractivity contribution in [3.8, 4) is 0 Å².